The van der Waals surface area contributed by atoms with E-state index in [1.54, 1.807) is 7.11 Å². The van der Waals surface area contributed by atoms with E-state index in [0.717, 1.165) is 49.8 Å². The number of ether oxygens (including phenoxy) is 1. The highest BCUT2D eigenvalue weighted by atomic mass is 16.5. The van der Waals surface area contributed by atoms with Crippen LogP contribution in [0.1, 0.15) is 43.0 Å². The largest absolute Gasteiger partial charge is 0.495 e. The number of methoxy groups -OCH3 is 1. The number of rotatable bonds is 4. The number of aryl methyl sites for hydroxylation is 1. The summed E-state index contributed by atoms with van der Waals surface area (Å²) in [4.78, 5) is 7.37. The summed E-state index contributed by atoms with van der Waals surface area (Å²) in [5.74, 6) is 0.628. The number of fused-ring (bicyclic) bond motifs is 2. The Labute approximate surface area is 155 Å². The van der Waals surface area contributed by atoms with Gasteiger partial charge in [-0.25, -0.2) is 0 Å². The third-order valence-electron chi connectivity index (χ3n) is 5.84. The zero-order chi connectivity index (χ0) is 18.1. The van der Waals surface area contributed by atoms with Crippen molar-refractivity contribution in [2.45, 2.75) is 45.1 Å². The van der Waals surface area contributed by atoms with Crippen LogP contribution in [-0.4, -0.2) is 42.7 Å². The van der Waals surface area contributed by atoms with E-state index in [2.05, 4.69) is 23.2 Å². The Morgan fingerprint density at radius 3 is 2.81 bits per heavy atom. The van der Waals surface area contributed by atoms with Crippen LogP contribution in [0.15, 0.2) is 12.1 Å². The summed E-state index contributed by atoms with van der Waals surface area (Å²) >= 11 is 0. The van der Waals surface area contributed by atoms with E-state index in [9.17, 15) is 5.26 Å². The summed E-state index contributed by atoms with van der Waals surface area (Å²) in [5, 5.41) is 14.3. The molecule has 26 heavy (non-hydrogen) atoms. The van der Waals surface area contributed by atoms with Gasteiger partial charge in [-0.1, -0.05) is 6.92 Å². The van der Waals surface area contributed by atoms with Crippen molar-refractivity contribution in [1.82, 2.24) is 9.88 Å². The van der Waals surface area contributed by atoms with Gasteiger partial charge >= 0.3 is 0 Å². The van der Waals surface area contributed by atoms with E-state index in [0.29, 0.717) is 17.4 Å². The average Bonchev–Trinajstić information content (AvgIpc) is 3.15. The topological polar surface area (TPSA) is 61.2 Å². The first-order valence-electron chi connectivity index (χ1n) is 9.66. The second-order valence-electron chi connectivity index (χ2n) is 7.30. The van der Waals surface area contributed by atoms with Crippen molar-refractivity contribution in [1.29, 1.82) is 5.26 Å². The molecule has 1 N–H and O–H groups in total. The first-order chi connectivity index (χ1) is 12.7. The van der Waals surface area contributed by atoms with Gasteiger partial charge in [0.05, 0.1) is 18.2 Å². The van der Waals surface area contributed by atoms with Gasteiger partial charge in [0, 0.05) is 35.9 Å². The van der Waals surface area contributed by atoms with Crippen LogP contribution in [0.4, 0.5) is 5.69 Å². The highest BCUT2D eigenvalue weighted by Crippen LogP contribution is 2.37. The van der Waals surface area contributed by atoms with Crippen LogP contribution in [0.5, 0.6) is 5.75 Å². The van der Waals surface area contributed by atoms with Gasteiger partial charge in [0.25, 0.3) is 0 Å². The molecule has 136 valence electrons. The molecule has 1 fully saturated rings. The molecule has 1 aliphatic heterocycles. The molecule has 0 amide bonds. The van der Waals surface area contributed by atoms with Crippen LogP contribution in [0.3, 0.4) is 0 Å². The molecule has 5 nitrogen and oxygen atoms in total. The Balaban J connectivity index is 1.76. The Kier molecular flexibility index (Phi) is 4.69. The summed E-state index contributed by atoms with van der Waals surface area (Å²) in [5.41, 5.74) is 5.23. The first kappa shape index (κ1) is 17.1. The molecular weight excluding hydrogens is 324 g/mol. The summed E-state index contributed by atoms with van der Waals surface area (Å²) in [7, 11) is 1.62. The van der Waals surface area contributed by atoms with Crippen LogP contribution in [0.2, 0.25) is 0 Å². The van der Waals surface area contributed by atoms with Crippen LogP contribution in [0, 0.1) is 11.3 Å². The van der Waals surface area contributed by atoms with Gasteiger partial charge in [0.2, 0.25) is 0 Å². The fraction of sp³-hybridized carbons (Fsp3) is 0.524. The average molecular weight is 350 g/mol. The lowest BCUT2D eigenvalue weighted by atomic mass is 10.0. The number of likely N-dealkylation sites (tertiary alicyclic amines) is 1. The van der Waals surface area contributed by atoms with E-state index >= 15 is 0 Å². The molecule has 2 aliphatic rings. The molecule has 0 saturated carbocycles. The monoisotopic (exact) mass is 350 g/mol. The molecular formula is C21H26N4O. The van der Waals surface area contributed by atoms with E-state index in [4.69, 9.17) is 9.72 Å². The van der Waals surface area contributed by atoms with E-state index in [-0.39, 0.29) is 0 Å². The molecule has 0 bridgehead atoms. The fourth-order valence-corrected chi connectivity index (χ4v) is 4.31. The molecule has 4 rings (SSSR count). The van der Waals surface area contributed by atoms with E-state index < -0.39 is 0 Å². The number of hydrogen-bond donors (Lipinski definition) is 1. The van der Waals surface area contributed by atoms with E-state index in [1.165, 1.54) is 29.8 Å². The number of nitriles is 1. The molecule has 0 atom stereocenters. The van der Waals surface area contributed by atoms with E-state index in [1.807, 2.05) is 12.1 Å². The molecule has 1 saturated heterocycles. The van der Waals surface area contributed by atoms with Crippen molar-refractivity contribution in [3.63, 3.8) is 0 Å². The number of nitrogens with zero attached hydrogens (tertiary/aromatic N) is 3. The fourth-order valence-electron chi connectivity index (χ4n) is 4.31. The smallest absolute Gasteiger partial charge is 0.137 e. The van der Waals surface area contributed by atoms with Crippen molar-refractivity contribution in [3.8, 4) is 11.8 Å². The number of benzene rings is 1. The van der Waals surface area contributed by atoms with Crippen molar-refractivity contribution in [2.24, 2.45) is 0 Å². The van der Waals surface area contributed by atoms with Gasteiger partial charge in [-0.05, 0) is 56.3 Å². The Morgan fingerprint density at radius 2 is 2.12 bits per heavy atom. The summed E-state index contributed by atoms with van der Waals surface area (Å²) in [6.07, 6.45) is 5.60. The minimum atomic E-state index is 0.495. The molecule has 1 aromatic heterocycles. The van der Waals surface area contributed by atoms with Crippen LogP contribution >= 0.6 is 0 Å². The van der Waals surface area contributed by atoms with Crippen molar-refractivity contribution in [3.05, 3.63) is 29.0 Å². The van der Waals surface area contributed by atoms with Gasteiger partial charge in [0.15, 0.2) is 0 Å². The SMILES string of the molecule is CCN1CCC(Nc2c3c(nc4cc(C#N)c(OC)cc24)CCC3)CC1. The number of pyridine rings is 1. The Bertz CT molecular complexity index is 863. The molecule has 0 unspecified atom stereocenters. The number of anilines is 1. The predicted octanol–water partition coefficient (Wildman–Crippen LogP) is 3.50. The molecule has 2 heterocycles. The predicted molar refractivity (Wildman–Crippen MR) is 104 cm³/mol. The molecule has 5 heteroatoms. The van der Waals surface area contributed by atoms with Crippen molar-refractivity contribution in [2.75, 3.05) is 32.1 Å². The minimum absolute atomic E-state index is 0.495. The van der Waals surface area contributed by atoms with Gasteiger partial charge in [-0.2, -0.15) is 5.26 Å². The third-order valence-corrected chi connectivity index (χ3v) is 5.84. The molecule has 1 aromatic carbocycles. The minimum Gasteiger partial charge on any atom is -0.495 e. The molecule has 2 aromatic rings. The zero-order valence-electron chi connectivity index (χ0n) is 15.6. The maximum Gasteiger partial charge on any atom is 0.137 e. The van der Waals surface area contributed by atoms with Crippen molar-refractivity contribution < 1.29 is 4.74 Å². The van der Waals surface area contributed by atoms with Gasteiger partial charge in [-0.15, -0.1) is 0 Å². The lowest BCUT2D eigenvalue weighted by Gasteiger charge is -2.32. The van der Waals surface area contributed by atoms with Crippen LogP contribution in [-0.2, 0) is 12.8 Å². The van der Waals surface area contributed by atoms with Gasteiger partial charge in [0.1, 0.15) is 11.8 Å². The number of aromatic nitrogens is 1. The molecule has 1 aliphatic carbocycles. The quantitative estimate of drug-likeness (QED) is 0.914. The lowest BCUT2D eigenvalue weighted by Crippen LogP contribution is -2.39. The third kappa shape index (κ3) is 2.99. The highest BCUT2D eigenvalue weighted by molar-refractivity contribution is 5.96. The second-order valence-corrected chi connectivity index (χ2v) is 7.30. The van der Waals surface area contributed by atoms with Gasteiger partial charge < -0.3 is 15.0 Å². The Morgan fingerprint density at radius 1 is 1.31 bits per heavy atom. The van der Waals surface area contributed by atoms with Crippen LogP contribution in [0.25, 0.3) is 10.9 Å². The number of hydrogen-bond acceptors (Lipinski definition) is 5. The maximum absolute atomic E-state index is 9.40. The van der Waals surface area contributed by atoms with Crippen molar-refractivity contribution >= 4 is 16.6 Å². The number of piperidine rings is 1. The Hall–Kier alpha value is -2.32. The summed E-state index contributed by atoms with van der Waals surface area (Å²) in [6, 6.07) is 6.58. The lowest BCUT2D eigenvalue weighted by molar-refractivity contribution is 0.229. The van der Waals surface area contributed by atoms with Crippen LogP contribution < -0.4 is 10.1 Å². The van der Waals surface area contributed by atoms with Gasteiger partial charge in [-0.3, -0.25) is 4.98 Å². The summed E-state index contributed by atoms with van der Waals surface area (Å²) in [6.45, 7) is 5.67. The molecule has 0 spiro atoms. The normalized spacial score (nSPS) is 17.9. The maximum atomic E-state index is 9.40. The highest BCUT2D eigenvalue weighted by Gasteiger charge is 2.24. The standard InChI is InChI=1S/C21H26N4O/c1-3-25-9-7-15(8-10-25)23-21-16-5-4-6-18(16)24-19-11-14(13-22)20(26-2)12-17(19)21/h11-12,15H,3-10H2,1-2H3,(H,23,24). The molecule has 0 radical (unpaired) electrons. The first-order valence-corrected chi connectivity index (χ1v) is 9.66. The summed E-state index contributed by atoms with van der Waals surface area (Å²) < 4.78 is 5.45. The number of nitrogens with one attached hydrogen (secondary N) is 1. The second kappa shape index (κ2) is 7.13. The zero-order valence-corrected chi connectivity index (χ0v) is 15.6.